The van der Waals surface area contributed by atoms with Crippen molar-refractivity contribution in [1.82, 2.24) is 12.3 Å². The summed E-state index contributed by atoms with van der Waals surface area (Å²) in [5, 5.41) is 7.42. The first kappa shape index (κ1) is 30.2. The molecule has 0 aliphatic heterocycles. The fourth-order valence-corrected chi connectivity index (χ4v) is 0. The van der Waals surface area contributed by atoms with Gasteiger partial charge in [0.15, 0.2) is 0 Å². The summed E-state index contributed by atoms with van der Waals surface area (Å²) in [5.41, 5.74) is 0. The number of hydrogen-bond acceptors (Lipinski definition) is 4. The summed E-state index contributed by atoms with van der Waals surface area (Å²) in [5.74, 6) is -0.833. The van der Waals surface area contributed by atoms with Crippen LogP contribution in [0.4, 0.5) is 0 Å². The van der Waals surface area contributed by atoms with Gasteiger partial charge in [0.25, 0.3) is 5.97 Å². The Balaban J connectivity index is -0.00000000597. The number of carboxylic acid groups (broad SMARTS) is 1. The van der Waals surface area contributed by atoms with Gasteiger partial charge in [-0.25, -0.2) is 0 Å². The van der Waals surface area contributed by atoms with Crippen LogP contribution in [0.3, 0.4) is 0 Å². The molecule has 0 rings (SSSR count). The van der Waals surface area contributed by atoms with E-state index in [9.17, 15) is 0 Å². The van der Waals surface area contributed by atoms with Gasteiger partial charge < -0.3 is 20.3 Å². The van der Waals surface area contributed by atoms with Crippen molar-refractivity contribution in [2.24, 2.45) is 0 Å². The van der Waals surface area contributed by atoms with Gasteiger partial charge in [-0.1, -0.05) is 12.2 Å². The summed E-state index contributed by atoms with van der Waals surface area (Å²) in [6.07, 6.45) is 0. The van der Waals surface area contributed by atoms with Crippen LogP contribution in [-0.4, -0.2) is 61.3 Å². The van der Waals surface area contributed by atoms with Crippen LogP contribution in [0.15, 0.2) is 0 Å². The van der Waals surface area contributed by atoms with Crippen molar-refractivity contribution in [2.75, 3.05) is 0 Å². The first-order valence-electron chi connectivity index (χ1n) is 1.42. The van der Waals surface area contributed by atoms with Crippen LogP contribution in [0.2, 0.25) is 0 Å². The molecule has 0 aliphatic carbocycles. The second-order valence-electron chi connectivity index (χ2n) is 0.624. The SMILES string of the molecule is CC(=O)O.N.N.S=CS.[H-].[H-].[Sr+2]. The molecule has 0 spiro atoms. The summed E-state index contributed by atoms with van der Waals surface area (Å²) < 4.78 is 1.28. The van der Waals surface area contributed by atoms with E-state index in [1.54, 1.807) is 0 Å². The van der Waals surface area contributed by atoms with Crippen LogP contribution in [0.25, 0.3) is 0 Å². The van der Waals surface area contributed by atoms with Crippen molar-refractivity contribution in [2.45, 2.75) is 6.92 Å². The van der Waals surface area contributed by atoms with Gasteiger partial charge in [-0.3, -0.25) is 4.79 Å². The predicted molar refractivity (Wildman–Crippen MR) is 54.0 cm³/mol. The van der Waals surface area contributed by atoms with Gasteiger partial charge in [0.2, 0.25) is 0 Å². The van der Waals surface area contributed by atoms with E-state index in [0.717, 1.165) is 6.92 Å². The maximum atomic E-state index is 9.00. The Morgan fingerprint density at radius 3 is 1.70 bits per heavy atom. The molecule has 62 valence electrons. The average Bonchev–Trinajstić information content (AvgIpc) is 1.33. The molecule has 0 fully saturated rings. The van der Waals surface area contributed by atoms with Crippen LogP contribution >= 0.6 is 24.8 Å². The van der Waals surface area contributed by atoms with E-state index in [-0.39, 0.29) is 60.6 Å². The van der Waals surface area contributed by atoms with Gasteiger partial charge in [-0.2, -0.15) is 0 Å². The quantitative estimate of drug-likeness (QED) is 0.297. The van der Waals surface area contributed by atoms with Crippen molar-refractivity contribution >= 4 is 81.0 Å². The number of thiocarbonyl (C=S) groups is 1. The minimum atomic E-state index is -0.833. The van der Waals surface area contributed by atoms with Gasteiger partial charge in [-0.05, 0) is 0 Å². The number of carboxylic acids is 1. The summed E-state index contributed by atoms with van der Waals surface area (Å²) >= 11 is 7.61. The number of aliphatic carboxylic acids is 1. The standard InChI is InChI=1S/C2H4O2.CH2S2.2H3N.Sr.2H/c1-2(3)4;2-1-3;;;;;/h1H3,(H,3,4);1H,(H,2,3);2*1H3;;;/q;;;;+2;2*-1. The molecular weight excluding hydrogens is 248 g/mol. The van der Waals surface area contributed by atoms with E-state index >= 15 is 0 Å². The topological polar surface area (TPSA) is 107 Å². The van der Waals surface area contributed by atoms with E-state index in [1.807, 2.05) is 0 Å². The molecular formula is C3H14N2O2S2Sr. The summed E-state index contributed by atoms with van der Waals surface area (Å²) in [4.78, 5) is 9.00. The molecule has 0 heterocycles. The third-order valence-electron chi connectivity index (χ3n) is 0. The Kier molecular flexibility index (Phi) is 95.7. The Morgan fingerprint density at radius 2 is 1.70 bits per heavy atom. The summed E-state index contributed by atoms with van der Waals surface area (Å²) in [6.45, 7) is 1.08. The number of rotatable bonds is 0. The van der Waals surface area contributed by atoms with Gasteiger partial charge in [0.1, 0.15) is 0 Å². The first-order chi connectivity index (χ1) is 3.15. The summed E-state index contributed by atoms with van der Waals surface area (Å²) in [6, 6.07) is 0. The number of hydrogen-bond donors (Lipinski definition) is 4. The fraction of sp³-hybridized carbons (Fsp3) is 0.333. The maximum absolute atomic E-state index is 9.00. The minimum absolute atomic E-state index is 0. The van der Waals surface area contributed by atoms with E-state index < -0.39 is 5.97 Å². The molecule has 0 radical (unpaired) electrons. The van der Waals surface area contributed by atoms with E-state index in [0.29, 0.717) is 0 Å². The van der Waals surface area contributed by atoms with Crippen molar-refractivity contribution in [3.8, 4) is 0 Å². The Labute approximate surface area is 112 Å². The third kappa shape index (κ3) is 374. The molecule has 0 saturated carbocycles. The molecule has 0 aromatic rings. The van der Waals surface area contributed by atoms with Gasteiger partial charge in [0.05, 0.1) is 0 Å². The molecule has 0 saturated heterocycles. The molecule has 0 bridgehead atoms. The molecule has 10 heavy (non-hydrogen) atoms. The van der Waals surface area contributed by atoms with Crippen LogP contribution in [0, 0.1) is 0 Å². The number of thiol groups is 1. The third-order valence-corrected chi connectivity index (χ3v) is 0. The molecule has 0 aromatic carbocycles. The number of carbonyl (C=O) groups is 1. The van der Waals surface area contributed by atoms with Crippen LogP contribution in [-0.2, 0) is 4.79 Å². The molecule has 0 amide bonds. The molecule has 0 aliphatic rings. The Morgan fingerprint density at radius 1 is 1.70 bits per heavy atom. The normalized spacial score (nSPS) is 3.80. The second-order valence-corrected chi connectivity index (χ2v) is 1.47. The summed E-state index contributed by atoms with van der Waals surface area (Å²) in [7, 11) is 0. The second kappa shape index (κ2) is 31.7. The van der Waals surface area contributed by atoms with Gasteiger partial charge >= 0.3 is 45.5 Å². The van der Waals surface area contributed by atoms with Crippen molar-refractivity contribution < 1.29 is 12.8 Å². The monoisotopic (exact) mass is 262 g/mol. The molecule has 0 aromatic heterocycles. The van der Waals surface area contributed by atoms with Crippen LogP contribution in [0.5, 0.6) is 0 Å². The van der Waals surface area contributed by atoms with E-state index in [4.69, 9.17) is 9.90 Å². The predicted octanol–water partition coefficient (Wildman–Crippen LogP) is 1.13. The zero-order valence-electron chi connectivity index (χ0n) is 7.91. The van der Waals surface area contributed by atoms with Gasteiger partial charge in [0, 0.05) is 11.6 Å². The van der Waals surface area contributed by atoms with E-state index in [2.05, 4.69) is 24.8 Å². The van der Waals surface area contributed by atoms with Gasteiger partial charge in [-0.15, -0.1) is 12.6 Å². The van der Waals surface area contributed by atoms with Crippen molar-refractivity contribution in [1.29, 1.82) is 0 Å². The molecule has 7 heteroatoms. The molecule has 4 nitrogen and oxygen atoms in total. The molecule has 0 unspecified atom stereocenters. The fourth-order valence-electron chi connectivity index (χ4n) is 0. The molecule has 0 atom stereocenters. The zero-order chi connectivity index (χ0) is 6.28. The van der Waals surface area contributed by atoms with Crippen LogP contribution in [0.1, 0.15) is 9.78 Å². The van der Waals surface area contributed by atoms with E-state index in [1.165, 1.54) is 4.70 Å². The first-order valence-corrected chi connectivity index (χ1v) is 2.41. The largest absolute Gasteiger partial charge is 2.00 e. The smallest absolute Gasteiger partial charge is 1.00 e. The van der Waals surface area contributed by atoms with Crippen LogP contribution < -0.4 is 12.3 Å². The Hall–Kier alpha value is 1.31. The average molecular weight is 262 g/mol. The maximum Gasteiger partial charge on any atom is 2.00 e. The zero-order valence-corrected chi connectivity index (χ0v) is 11.1. The Bertz CT molecular complexity index is 77.3. The van der Waals surface area contributed by atoms with Crippen molar-refractivity contribution in [3.63, 3.8) is 0 Å². The molecule has 7 N–H and O–H groups in total. The minimum Gasteiger partial charge on any atom is -1.00 e. The van der Waals surface area contributed by atoms with Crippen molar-refractivity contribution in [3.05, 3.63) is 0 Å².